The van der Waals surface area contributed by atoms with Gasteiger partial charge in [-0.1, -0.05) is 48.5 Å². The predicted octanol–water partition coefficient (Wildman–Crippen LogP) is 4.19. The zero-order chi connectivity index (χ0) is 16.2. The van der Waals surface area contributed by atoms with Crippen molar-refractivity contribution in [1.29, 1.82) is 5.26 Å². The molecule has 0 bridgehead atoms. The van der Waals surface area contributed by atoms with Crippen molar-refractivity contribution in [1.82, 2.24) is 4.90 Å². The molecule has 0 spiro atoms. The van der Waals surface area contributed by atoms with Gasteiger partial charge in [0.2, 0.25) is 0 Å². The van der Waals surface area contributed by atoms with Crippen LogP contribution in [0, 0.1) is 11.3 Å². The lowest BCUT2D eigenvalue weighted by Crippen LogP contribution is -2.47. The van der Waals surface area contributed by atoms with Crippen molar-refractivity contribution in [3.05, 3.63) is 71.8 Å². The second kappa shape index (κ2) is 6.44. The Hall–Kier alpha value is -2.60. The van der Waals surface area contributed by atoms with Gasteiger partial charge in [0.1, 0.15) is 6.04 Å². The van der Waals surface area contributed by atoms with E-state index in [2.05, 4.69) is 6.07 Å². The Labute approximate surface area is 131 Å². The molecule has 0 N–H and O–H groups in total. The van der Waals surface area contributed by atoms with Crippen molar-refractivity contribution in [3.63, 3.8) is 0 Å². The van der Waals surface area contributed by atoms with E-state index in [9.17, 15) is 10.1 Å². The molecule has 0 aromatic heterocycles. The third kappa shape index (κ3) is 3.35. The zero-order valence-electron chi connectivity index (χ0n) is 13.2. The van der Waals surface area contributed by atoms with Crippen molar-refractivity contribution in [2.45, 2.75) is 32.4 Å². The molecule has 0 radical (unpaired) electrons. The van der Waals surface area contributed by atoms with Crippen LogP contribution >= 0.6 is 0 Å². The SMILES string of the molecule is CC(C)(C)N(C(=O)c1ccccc1)C(C#N)c1ccccc1. The highest BCUT2D eigenvalue weighted by molar-refractivity contribution is 5.95. The van der Waals surface area contributed by atoms with Gasteiger partial charge in [0.05, 0.1) is 6.07 Å². The van der Waals surface area contributed by atoms with Gasteiger partial charge in [0, 0.05) is 11.1 Å². The monoisotopic (exact) mass is 292 g/mol. The zero-order valence-corrected chi connectivity index (χ0v) is 13.2. The van der Waals surface area contributed by atoms with Crippen LogP contribution in [-0.2, 0) is 0 Å². The van der Waals surface area contributed by atoms with Crippen molar-refractivity contribution in [2.75, 3.05) is 0 Å². The van der Waals surface area contributed by atoms with Gasteiger partial charge in [0.25, 0.3) is 5.91 Å². The Bertz CT molecular complexity index is 666. The molecule has 0 saturated carbocycles. The summed E-state index contributed by atoms with van der Waals surface area (Å²) in [4.78, 5) is 14.6. The fourth-order valence-electron chi connectivity index (χ4n) is 2.45. The van der Waals surface area contributed by atoms with Crippen LogP contribution in [0.15, 0.2) is 60.7 Å². The molecule has 1 atom stereocenters. The van der Waals surface area contributed by atoms with Crippen LogP contribution in [0.4, 0.5) is 0 Å². The highest BCUT2D eigenvalue weighted by atomic mass is 16.2. The first-order valence-electron chi connectivity index (χ1n) is 7.28. The van der Waals surface area contributed by atoms with Gasteiger partial charge in [-0.05, 0) is 38.5 Å². The van der Waals surface area contributed by atoms with Gasteiger partial charge in [0.15, 0.2) is 0 Å². The van der Waals surface area contributed by atoms with Gasteiger partial charge in [-0.2, -0.15) is 5.26 Å². The van der Waals surface area contributed by atoms with E-state index < -0.39 is 11.6 Å². The second-order valence-corrected chi connectivity index (χ2v) is 6.15. The van der Waals surface area contributed by atoms with Crippen LogP contribution in [-0.4, -0.2) is 16.3 Å². The van der Waals surface area contributed by atoms with Gasteiger partial charge in [-0.15, -0.1) is 0 Å². The smallest absolute Gasteiger partial charge is 0.255 e. The third-order valence-corrected chi connectivity index (χ3v) is 3.46. The van der Waals surface area contributed by atoms with Crippen molar-refractivity contribution >= 4 is 5.91 Å². The van der Waals surface area contributed by atoms with Gasteiger partial charge in [-0.25, -0.2) is 0 Å². The van der Waals surface area contributed by atoms with Crippen LogP contribution in [0.5, 0.6) is 0 Å². The lowest BCUT2D eigenvalue weighted by molar-refractivity contribution is 0.0509. The van der Waals surface area contributed by atoms with Crippen LogP contribution in [0.25, 0.3) is 0 Å². The van der Waals surface area contributed by atoms with Gasteiger partial charge >= 0.3 is 0 Å². The van der Waals surface area contributed by atoms with E-state index in [1.54, 1.807) is 17.0 Å². The van der Waals surface area contributed by atoms with Crippen LogP contribution in [0.2, 0.25) is 0 Å². The number of hydrogen-bond donors (Lipinski definition) is 0. The molecule has 0 saturated heterocycles. The van der Waals surface area contributed by atoms with Crippen molar-refractivity contribution in [3.8, 4) is 6.07 Å². The molecule has 1 amide bonds. The summed E-state index contributed by atoms with van der Waals surface area (Å²) in [6, 6.07) is 20.2. The van der Waals surface area contributed by atoms with Crippen molar-refractivity contribution in [2.24, 2.45) is 0 Å². The molecule has 2 aromatic carbocycles. The predicted molar refractivity (Wildman–Crippen MR) is 87.2 cm³/mol. The van der Waals surface area contributed by atoms with E-state index in [-0.39, 0.29) is 5.91 Å². The average molecular weight is 292 g/mol. The Kier molecular flexibility index (Phi) is 4.62. The Morgan fingerprint density at radius 1 is 1.00 bits per heavy atom. The number of carbonyl (C=O) groups is 1. The number of hydrogen-bond acceptors (Lipinski definition) is 2. The summed E-state index contributed by atoms with van der Waals surface area (Å²) in [5.41, 5.74) is 0.946. The molecular formula is C19H20N2O. The van der Waals surface area contributed by atoms with E-state index in [0.29, 0.717) is 5.56 Å². The highest BCUT2D eigenvalue weighted by Gasteiger charge is 2.34. The number of carbonyl (C=O) groups excluding carboxylic acids is 1. The van der Waals surface area contributed by atoms with E-state index in [1.165, 1.54) is 0 Å². The maximum Gasteiger partial charge on any atom is 0.255 e. The minimum atomic E-state index is -0.617. The van der Waals surface area contributed by atoms with E-state index >= 15 is 0 Å². The normalized spacial score (nSPS) is 12.3. The summed E-state index contributed by atoms with van der Waals surface area (Å²) >= 11 is 0. The molecule has 0 heterocycles. The van der Waals surface area contributed by atoms with Crippen LogP contribution in [0.1, 0.15) is 42.7 Å². The largest absolute Gasteiger partial charge is 0.314 e. The minimum Gasteiger partial charge on any atom is -0.314 e. The molecule has 3 nitrogen and oxygen atoms in total. The molecule has 22 heavy (non-hydrogen) atoms. The number of amides is 1. The molecule has 0 aliphatic rings. The number of benzene rings is 2. The molecule has 2 aromatic rings. The van der Waals surface area contributed by atoms with Crippen LogP contribution in [0.3, 0.4) is 0 Å². The second-order valence-electron chi connectivity index (χ2n) is 6.15. The fourth-order valence-corrected chi connectivity index (χ4v) is 2.45. The highest BCUT2D eigenvalue weighted by Crippen LogP contribution is 2.29. The molecule has 1 unspecified atom stereocenters. The number of nitriles is 1. The van der Waals surface area contributed by atoms with Gasteiger partial charge < -0.3 is 4.90 Å². The molecule has 0 aliphatic carbocycles. The molecule has 3 heteroatoms. The molecule has 112 valence electrons. The molecule has 2 rings (SSSR count). The number of nitrogens with zero attached hydrogens (tertiary/aromatic N) is 2. The first-order chi connectivity index (χ1) is 10.4. The van der Waals surface area contributed by atoms with E-state index in [1.807, 2.05) is 69.3 Å². The van der Waals surface area contributed by atoms with E-state index in [0.717, 1.165) is 5.56 Å². The van der Waals surface area contributed by atoms with E-state index in [4.69, 9.17) is 0 Å². The maximum atomic E-state index is 12.9. The summed E-state index contributed by atoms with van der Waals surface area (Å²) in [7, 11) is 0. The molecular weight excluding hydrogens is 272 g/mol. The molecule has 0 aliphatic heterocycles. The summed E-state index contributed by atoms with van der Waals surface area (Å²) in [6.07, 6.45) is 0. The first-order valence-corrected chi connectivity index (χ1v) is 7.28. The minimum absolute atomic E-state index is 0.136. The average Bonchev–Trinajstić information content (AvgIpc) is 2.52. The summed E-state index contributed by atoms with van der Waals surface area (Å²) < 4.78 is 0. The molecule has 0 fully saturated rings. The Morgan fingerprint density at radius 3 is 1.95 bits per heavy atom. The lowest BCUT2D eigenvalue weighted by Gasteiger charge is -2.39. The van der Waals surface area contributed by atoms with Crippen molar-refractivity contribution < 1.29 is 4.79 Å². The standard InChI is InChI=1S/C19H20N2O/c1-19(2,3)21(18(22)16-12-8-5-9-13-16)17(14-20)15-10-6-4-7-11-15/h4-13,17H,1-3H3. The maximum absolute atomic E-state index is 12.9. The topological polar surface area (TPSA) is 44.1 Å². The summed E-state index contributed by atoms with van der Waals surface area (Å²) in [5, 5.41) is 9.67. The van der Waals surface area contributed by atoms with Gasteiger partial charge in [-0.3, -0.25) is 4.79 Å². The van der Waals surface area contributed by atoms with Crippen LogP contribution < -0.4 is 0 Å². The fraction of sp³-hybridized carbons (Fsp3) is 0.263. The summed E-state index contributed by atoms with van der Waals surface area (Å²) in [5.74, 6) is -0.136. The Balaban J connectivity index is 2.47. The Morgan fingerprint density at radius 2 is 1.50 bits per heavy atom. The third-order valence-electron chi connectivity index (χ3n) is 3.46. The lowest BCUT2D eigenvalue weighted by atomic mass is 9.97. The quantitative estimate of drug-likeness (QED) is 0.851. The number of rotatable bonds is 3. The first kappa shape index (κ1) is 15.8. The summed E-state index contributed by atoms with van der Waals surface area (Å²) in [6.45, 7) is 5.84.